The average Bonchev–Trinajstić information content (AvgIpc) is 2.38. The first-order valence-corrected chi connectivity index (χ1v) is 8.52. The molecular weight excluding hydrogens is 320 g/mol. The van der Waals surface area contributed by atoms with Gasteiger partial charge in [-0.1, -0.05) is 0 Å². The lowest BCUT2D eigenvalue weighted by Crippen LogP contribution is -2.19. The number of halogens is 1. The SMILES string of the molecule is CCOc1ccc(C(=O)OC(C)COC)cc1S(=O)(=O)Cl. The fourth-order valence-corrected chi connectivity index (χ4v) is 2.62. The molecule has 0 aliphatic heterocycles. The summed E-state index contributed by atoms with van der Waals surface area (Å²) in [7, 11) is 2.80. The zero-order chi connectivity index (χ0) is 16.0. The van der Waals surface area contributed by atoms with E-state index in [4.69, 9.17) is 24.9 Å². The molecule has 1 rings (SSSR count). The predicted molar refractivity (Wildman–Crippen MR) is 77.4 cm³/mol. The van der Waals surface area contributed by atoms with Crippen LogP contribution in [0.4, 0.5) is 0 Å². The third-order valence-corrected chi connectivity index (χ3v) is 3.79. The molecule has 6 nitrogen and oxygen atoms in total. The molecule has 1 atom stereocenters. The molecular formula is C13H17ClO6S. The van der Waals surface area contributed by atoms with E-state index in [0.29, 0.717) is 0 Å². The Morgan fingerprint density at radius 1 is 1.38 bits per heavy atom. The van der Waals surface area contributed by atoms with Crippen LogP contribution in [0.3, 0.4) is 0 Å². The molecule has 0 spiro atoms. The van der Waals surface area contributed by atoms with Crippen molar-refractivity contribution in [3.8, 4) is 5.75 Å². The molecule has 0 heterocycles. The molecule has 0 saturated carbocycles. The van der Waals surface area contributed by atoms with Crippen LogP contribution in [0.2, 0.25) is 0 Å². The first-order chi connectivity index (χ1) is 9.79. The van der Waals surface area contributed by atoms with Gasteiger partial charge in [0.25, 0.3) is 9.05 Å². The van der Waals surface area contributed by atoms with E-state index in [1.807, 2.05) is 0 Å². The average molecular weight is 337 g/mol. The van der Waals surface area contributed by atoms with Crippen molar-refractivity contribution in [3.63, 3.8) is 0 Å². The minimum atomic E-state index is -4.04. The molecule has 21 heavy (non-hydrogen) atoms. The van der Waals surface area contributed by atoms with Gasteiger partial charge in [-0.05, 0) is 32.0 Å². The Morgan fingerprint density at radius 3 is 2.57 bits per heavy atom. The van der Waals surface area contributed by atoms with E-state index < -0.39 is 21.1 Å². The summed E-state index contributed by atoms with van der Waals surface area (Å²) in [6.45, 7) is 3.88. The molecule has 0 amide bonds. The van der Waals surface area contributed by atoms with Gasteiger partial charge < -0.3 is 14.2 Å². The quantitative estimate of drug-likeness (QED) is 0.561. The molecule has 0 aromatic heterocycles. The van der Waals surface area contributed by atoms with Crippen LogP contribution < -0.4 is 4.74 Å². The second kappa shape index (κ2) is 7.63. The Bertz CT molecular complexity index is 599. The highest BCUT2D eigenvalue weighted by Crippen LogP contribution is 2.28. The minimum absolute atomic E-state index is 0.0700. The maximum absolute atomic E-state index is 11.9. The van der Waals surface area contributed by atoms with E-state index >= 15 is 0 Å². The van der Waals surface area contributed by atoms with Gasteiger partial charge in [0.2, 0.25) is 0 Å². The Labute approximate surface area is 128 Å². The van der Waals surface area contributed by atoms with Crippen molar-refractivity contribution in [2.75, 3.05) is 20.3 Å². The Morgan fingerprint density at radius 2 is 2.05 bits per heavy atom. The van der Waals surface area contributed by atoms with Crippen LogP contribution in [0.5, 0.6) is 5.75 Å². The van der Waals surface area contributed by atoms with Crippen molar-refractivity contribution < 1.29 is 27.4 Å². The largest absolute Gasteiger partial charge is 0.492 e. The van der Waals surface area contributed by atoms with Gasteiger partial charge in [-0.15, -0.1) is 0 Å². The summed E-state index contributed by atoms with van der Waals surface area (Å²) >= 11 is 0. The van der Waals surface area contributed by atoms with E-state index in [-0.39, 0.29) is 29.4 Å². The number of hydrogen-bond acceptors (Lipinski definition) is 6. The fraction of sp³-hybridized carbons (Fsp3) is 0.462. The summed E-state index contributed by atoms with van der Waals surface area (Å²) in [5.74, 6) is -0.571. The molecule has 8 heteroatoms. The number of esters is 1. The van der Waals surface area contributed by atoms with Crippen LogP contribution in [0.1, 0.15) is 24.2 Å². The summed E-state index contributed by atoms with van der Waals surface area (Å²) in [5, 5.41) is 0. The van der Waals surface area contributed by atoms with Crippen LogP contribution >= 0.6 is 10.7 Å². The monoisotopic (exact) mass is 336 g/mol. The molecule has 0 fully saturated rings. The lowest BCUT2D eigenvalue weighted by atomic mass is 10.2. The summed E-state index contributed by atoms with van der Waals surface area (Å²) in [4.78, 5) is 11.7. The lowest BCUT2D eigenvalue weighted by molar-refractivity contribution is 0.0120. The Hall–Kier alpha value is -1.31. The summed E-state index contributed by atoms with van der Waals surface area (Å²) < 4.78 is 38.2. The molecule has 1 aromatic carbocycles. The Balaban J connectivity index is 3.08. The highest BCUT2D eigenvalue weighted by atomic mass is 35.7. The smallest absolute Gasteiger partial charge is 0.338 e. The van der Waals surface area contributed by atoms with Crippen molar-refractivity contribution >= 4 is 25.7 Å². The van der Waals surface area contributed by atoms with Crippen LogP contribution in [-0.4, -0.2) is 40.8 Å². The topological polar surface area (TPSA) is 78.9 Å². The molecule has 1 aromatic rings. The summed E-state index contributed by atoms with van der Waals surface area (Å²) in [6, 6.07) is 3.92. The van der Waals surface area contributed by atoms with Gasteiger partial charge in [-0.3, -0.25) is 0 Å². The van der Waals surface area contributed by atoms with E-state index in [1.54, 1.807) is 13.8 Å². The Kier molecular flexibility index (Phi) is 6.44. The van der Waals surface area contributed by atoms with Crippen LogP contribution in [0.25, 0.3) is 0 Å². The number of methoxy groups -OCH3 is 1. The van der Waals surface area contributed by atoms with Gasteiger partial charge in [0.1, 0.15) is 16.7 Å². The first-order valence-electron chi connectivity index (χ1n) is 6.21. The van der Waals surface area contributed by atoms with Gasteiger partial charge in [-0.25, -0.2) is 13.2 Å². The molecule has 0 radical (unpaired) electrons. The zero-order valence-corrected chi connectivity index (χ0v) is 13.5. The highest BCUT2D eigenvalue weighted by molar-refractivity contribution is 8.13. The molecule has 0 bridgehead atoms. The molecule has 0 N–H and O–H groups in total. The molecule has 118 valence electrons. The van der Waals surface area contributed by atoms with Gasteiger partial charge >= 0.3 is 5.97 Å². The zero-order valence-electron chi connectivity index (χ0n) is 12.0. The fourth-order valence-electron chi connectivity index (χ4n) is 1.62. The molecule has 0 aliphatic rings. The van der Waals surface area contributed by atoms with Crippen molar-refractivity contribution in [2.45, 2.75) is 24.8 Å². The van der Waals surface area contributed by atoms with Crippen molar-refractivity contribution in [1.29, 1.82) is 0 Å². The van der Waals surface area contributed by atoms with Crippen LogP contribution in [0.15, 0.2) is 23.1 Å². The van der Waals surface area contributed by atoms with Crippen molar-refractivity contribution in [1.82, 2.24) is 0 Å². The summed E-state index contributed by atoms with van der Waals surface area (Å²) in [5.41, 5.74) is 0.0700. The van der Waals surface area contributed by atoms with Crippen LogP contribution in [-0.2, 0) is 18.5 Å². The third-order valence-electron chi connectivity index (χ3n) is 2.45. The maximum Gasteiger partial charge on any atom is 0.338 e. The maximum atomic E-state index is 11.9. The number of benzene rings is 1. The third kappa shape index (κ3) is 5.18. The van der Waals surface area contributed by atoms with Gasteiger partial charge in [0.15, 0.2) is 0 Å². The molecule has 1 unspecified atom stereocenters. The van der Waals surface area contributed by atoms with Gasteiger partial charge in [0, 0.05) is 17.8 Å². The second-order valence-electron chi connectivity index (χ2n) is 4.20. The number of hydrogen-bond donors (Lipinski definition) is 0. The minimum Gasteiger partial charge on any atom is -0.492 e. The highest BCUT2D eigenvalue weighted by Gasteiger charge is 2.21. The first kappa shape index (κ1) is 17.7. The molecule has 0 saturated heterocycles. The van der Waals surface area contributed by atoms with E-state index in [0.717, 1.165) is 6.07 Å². The standard InChI is InChI=1S/C13H17ClO6S/c1-4-19-11-6-5-10(7-12(11)21(14,16)17)13(15)20-9(2)8-18-3/h5-7,9H,4,8H2,1-3H3. The van der Waals surface area contributed by atoms with Crippen LogP contribution in [0, 0.1) is 0 Å². The molecule has 0 aliphatic carbocycles. The number of carbonyl (C=O) groups excluding carboxylic acids is 1. The van der Waals surface area contributed by atoms with Gasteiger partial charge in [0.05, 0.1) is 18.8 Å². The van der Waals surface area contributed by atoms with E-state index in [1.165, 1.54) is 19.2 Å². The number of rotatable bonds is 7. The predicted octanol–water partition coefficient (Wildman–Crippen LogP) is 2.20. The number of carbonyl (C=O) groups is 1. The summed E-state index contributed by atoms with van der Waals surface area (Å²) in [6.07, 6.45) is -0.454. The van der Waals surface area contributed by atoms with Crippen molar-refractivity contribution in [3.05, 3.63) is 23.8 Å². The van der Waals surface area contributed by atoms with E-state index in [2.05, 4.69) is 0 Å². The lowest BCUT2D eigenvalue weighted by Gasteiger charge is -2.13. The van der Waals surface area contributed by atoms with Crippen molar-refractivity contribution in [2.24, 2.45) is 0 Å². The van der Waals surface area contributed by atoms with E-state index in [9.17, 15) is 13.2 Å². The number of ether oxygens (including phenoxy) is 3. The van der Waals surface area contributed by atoms with Gasteiger partial charge in [-0.2, -0.15) is 0 Å². The second-order valence-corrected chi connectivity index (χ2v) is 6.74. The normalized spacial score (nSPS) is 12.8.